The average Bonchev–Trinajstić information content (AvgIpc) is 3.10. The number of hydrogen-bond donors (Lipinski definition) is 1. The minimum Gasteiger partial charge on any atom is -0.490 e. The van der Waals surface area contributed by atoms with Gasteiger partial charge < -0.3 is 14.8 Å². The Balaban J connectivity index is 1.60. The molecule has 28 heavy (non-hydrogen) atoms. The Morgan fingerprint density at radius 2 is 1.71 bits per heavy atom. The molecule has 0 spiro atoms. The minimum atomic E-state index is -0.358. The number of hydrogen-bond acceptors (Lipinski definition) is 6. The number of nitrogens with zero attached hydrogens (tertiary/aromatic N) is 2. The Morgan fingerprint density at radius 3 is 2.39 bits per heavy atom. The smallest absolute Gasteiger partial charge is 0.241 e. The van der Waals surface area contributed by atoms with Gasteiger partial charge in [0.25, 0.3) is 0 Å². The van der Waals surface area contributed by atoms with Crippen LogP contribution < -0.4 is 14.8 Å². The molecule has 0 bridgehead atoms. The molecule has 0 fully saturated rings. The number of hydrazone groups is 1. The highest BCUT2D eigenvalue weighted by atomic mass is 32.2. The maximum Gasteiger partial charge on any atom is 0.241 e. The molecule has 1 aliphatic rings. The zero-order chi connectivity index (χ0) is 19.9. The highest BCUT2D eigenvalue weighted by Gasteiger charge is 2.32. The van der Waals surface area contributed by atoms with Gasteiger partial charge in [0, 0.05) is 13.8 Å². The molecule has 7 nitrogen and oxygen atoms in total. The van der Waals surface area contributed by atoms with Gasteiger partial charge in [-0.1, -0.05) is 42.1 Å². The quantitative estimate of drug-likeness (QED) is 0.755. The molecule has 2 aromatic carbocycles. The summed E-state index contributed by atoms with van der Waals surface area (Å²) in [6.07, 6.45) is 0. The summed E-state index contributed by atoms with van der Waals surface area (Å²) in [5.41, 5.74) is 0.853. The number of rotatable bonds is 6. The molecular formula is C20H21N3O4S. The van der Waals surface area contributed by atoms with Crippen LogP contribution in [0, 0.1) is 0 Å². The van der Waals surface area contributed by atoms with Crippen LogP contribution in [0.15, 0.2) is 59.7 Å². The Bertz CT molecular complexity index is 873. The summed E-state index contributed by atoms with van der Waals surface area (Å²) in [4.78, 5) is 23.2. The highest BCUT2D eigenvalue weighted by Crippen LogP contribution is 2.39. The molecule has 0 aromatic heterocycles. The van der Waals surface area contributed by atoms with Crippen LogP contribution in [0.25, 0.3) is 0 Å². The van der Waals surface area contributed by atoms with E-state index < -0.39 is 0 Å². The Morgan fingerprint density at radius 1 is 1.04 bits per heavy atom. The van der Waals surface area contributed by atoms with E-state index in [0.29, 0.717) is 24.1 Å². The summed E-state index contributed by atoms with van der Waals surface area (Å²) in [5.74, 6) is 1.03. The van der Waals surface area contributed by atoms with Gasteiger partial charge in [-0.05, 0) is 29.8 Å². The monoisotopic (exact) mass is 399 g/mol. The Kier molecular flexibility index (Phi) is 6.54. The van der Waals surface area contributed by atoms with E-state index in [9.17, 15) is 9.59 Å². The van der Waals surface area contributed by atoms with Crippen molar-refractivity contribution in [1.29, 1.82) is 0 Å². The van der Waals surface area contributed by atoms with Crippen LogP contribution in [0.5, 0.6) is 11.5 Å². The second-order valence-electron chi connectivity index (χ2n) is 6.00. The molecule has 1 heterocycles. The first kappa shape index (κ1) is 19.8. The summed E-state index contributed by atoms with van der Waals surface area (Å²) in [6, 6.07) is 17.0. The lowest BCUT2D eigenvalue weighted by Crippen LogP contribution is -2.25. The SMILES string of the molecule is CC(=O)NC1=NN(C(C)=O)[C@H](c2cccc(OCCOc3ccccc3)c2)S1. The number of carbonyl (C=O) groups excluding carboxylic acids is 2. The van der Waals surface area contributed by atoms with Crippen molar-refractivity contribution >= 4 is 28.7 Å². The van der Waals surface area contributed by atoms with E-state index >= 15 is 0 Å². The predicted octanol–water partition coefficient (Wildman–Crippen LogP) is 3.15. The van der Waals surface area contributed by atoms with Gasteiger partial charge in [-0.3, -0.25) is 9.59 Å². The number of amides is 2. The van der Waals surface area contributed by atoms with Crippen LogP contribution in [-0.4, -0.2) is 35.2 Å². The third kappa shape index (κ3) is 5.26. The zero-order valence-electron chi connectivity index (χ0n) is 15.6. The molecule has 8 heteroatoms. The fraction of sp³-hybridized carbons (Fsp3) is 0.250. The van der Waals surface area contributed by atoms with Crippen LogP contribution in [-0.2, 0) is 9.59 Å². The standard InChI is InChI=1S/C20H21N3O4S/c1-14(24)21-20-22-23(15(2)25)19(28-20)16-7-6-10-18(13-16)27-12-11-26-17-8-4-3-5-9-17/h3-10,13,19H,11-12H2,1-2H3,(H,21,22,24)/t19-/m0/s1. The minimum absolute atomic E-state index is 0.208. The molecule has 0 aliphatic carbocycles. The Hall–Kier alpha value is -3.00. The van der Waals surface area contributed by atoms with Gasteiger partial charge >= 0.3 is 0 Å². The summed E-state index contributed by atoms with van der Waals surface area (Å²) in [6.45, 7) is 3.65. The summed E-state index contributed by atoms with van der Waals surface area (Å²) >= 11 is 1.31. The van der Waals surface area contributed by atoms with Crippen LogP contribution in [0.3, 0.4) is 0 Å². The number of nitrogens with one attached hydrogen (secondary N) is 1. The van der Waals surface area contributed by atoms with E-state index in [4.69, 9.17) is 9.47 Å². The van der Waals surface area contributed by atoms with Crippen molar-refractivity contribution in [3.63, 3.8) is 0 Å². The molecule has 0 unspecified atom stereocenters. The molecule has 1 atom stereocenters. The second kappa shape index (κ2) is 9.27. The van der Waals surface area contributed by atoms with E-state index in [1.54, 1.807) is 0 Å². The molecule has 146 valence electrons. The van der Waals surface area contributed by atoms with E-state index in [1.807, 2.05) is 54.6 Å². The van der Waals surface area contributed by atoms with Gasteiger partial charge in [-0.25, -0.2) is 5.01 Å². The van der Waals surface area contributed by atoms with Gasteiger partial charge in [0.15, 0.2) is 5.17 Å². The van der Waals surface area contributed by atoms with Crippen molar-refractivity contribution in [3.05, 3.63) is 60.2 Å². The maximum atomic E-state index is 11.9. The van der Waals surface area contributed by atoms with Crippen molar-refractivity contribution in [1.82, 2.24) is 10.3 Å². The van der Waals surface area contributed by atoms with Crippen molar-refractivity contribution in [3.8, 4) is 11.5 Å². The van der Waals surface area contributed by atoms with Crippen molar-refractivity contribution in [2.24, 2.45) is 5.10 Å². The number of para-hydroxylation sites is 1. The molecule has 3 rings (SSSR count). The fourth-order valence-corrected chi connectivity index (χ4v) is 3.70. The molecule has 2 amide bonds. The number of ether oxygens (including phenoxy) is 2. The largest absolute Gasteiger partial charge is 0.490 e. The van der Waals surface area contributed by atoms with Crippen LogP contribution in [0.1, 0.15) is 24.8 Å². The third-order valence-corrected chi connectivity index (χ3v) is 4.86. The molecule has 0 saturated carbocycles. The van der Waals surface area contributed by atoms with Crippen LogP contribution >= 0.6 is 11.8 Å². The molecule has 1 N–H and O–H groups in total. The lowest BCUT2D eigenvalue weighted by Gasteiger charge is -2.19. The van der Waals surface area contributed by atoms with Gasteiger partial charge in [0.1, 0.15) is 30.1 Å². The second-order valence-corrected chi connectivity index (χ2v) is 7.07. The van der Waals surface area contributed by atoms with E-state index in [0.717, 1.165) is 11.3 Å². The van der Waals surface area contributed by atoms with Crippen molar-refractivity contribution < 1.29 is 19.1 Å². The number of benzene rings is 2. The fourth-order valence-electron chi connectivity index (χ4n) is 2.57. The lowest BCUT2D eigenvalue weighted by molar-refractivity contribution is -0.129. The van der Waals surface area contributed by atoms with E-state index in [1.165, 1.54) is 30.6 Å². The maximum absolute atomic E-state index is 11.9. The number of carbonyl (C=O) groups is 2. The first-order valence-electron chi connectivity index (χ1n) is 8.76. The van der Waals surface area contributed by atoms with E-state index in [2.05, 4.69) is 10.4 Å². The van der Waals surface area contributed by atoms with Gasteiger partial charge in [0.2, 0.25) is 11.8 Å². The summed E-state index contributed by atoms with van der Waals surface area (Å²) in [5, 5.41) is 8.22. The van der Waals surface area contributed by atoms with Gasteiger partial charge in [-0.2, -0.15) is 0 Å². The number of amidine groups is 1. The highest BCUT2D eigenvalue weighted by molar-refractivity contribution is 8.14. The molecule has 2 aromatic rings. The average molecular weight is 399 g/mol. The topological polar surface area (TPSA) is 80.2 Å². The Labute approximate surface area is 167 Å². The summed E-state index contributed by atoms with van der Waals surface area (Å²) in [7, 11) is 0. The predicted molar refractivity (Wildman–Crippen MR) is 108 cm³/mol. The van der Waals surface area contributed by atoms with Crippen LogP contribution in [0.2, 0.25) is 0 Å². The first-order chi connectivity index (χ1) is 13.5. The normalized spacial score (nSPS) is 15.7. The number of thioether (sulfide) groups is 1. The third-order valence-electron chi connectivity index (χ3n) is 3.76. The summed E-state index contributed by atoms with van der Waals surface area (Å²) < 4.78 is 11.4. The van der Waals surface area contributed by atoms with E-state index in [-0.39, 0.29) is 17.2 Å². The lowest BCUT2D eigenvalue weighted by atomic mass is 10.2. The van der Waals surface area contributed by atoms with Crippen molar-refractivity contribution in [2.75, 3.05) is 13.2 Å². The zero-order valence-corrected chi connectivity index (χ0v) is 16.4. The van der Waals surface area contributed by atoms with Gasteiger partial charge in [-0.15, -0.1) is 5.10 Å². The molecule has 1 aliphatic heterocycles. The van der Waals surface area contributed by atoms with Crippen LogP contribution in [0.4, 0.5) is 0 Å². The van der Waals surface area contributed by atoms with Gasteiger partial charge in [0.05, 0.1) is 0 Å². The van der Waals surface area contributed by atoms with Crippen molar-refractivity contribution in [2.45, 2.75) is 19.2 Å². The molecule has 0 radical (unpaired) electrons. The molecular weight excluding hydrogens is 378 g/mol. The molecule has 0 saturated heterocycles. The first-order valence-corrected chi connectivity index (χ1v) is 9.64.